The number of nitrogens with zero attached hydrogens (tertiary/aromatic N) is 2. The summed E-state index contributed by atoms with van der Waals surface area (Å²) in [7, 11) is -3.92. The Hall–Kier alpha value is -3.58. The molecule has 0 bridgehead atoms. The number of hydrogen-bond donors (Lipinski definition) is 2. The van der Waals surface area contributed by atoms with Gasteiger partial charge in [0.25, 0.3) is 0 Å². The first-order valence-electron chi connectivity index (χ1n) is 17.4. The van der Waals surface area contributed by atoms with E-state index < -0.39 is 50.1 Å². The van der Waals surface area contributed by atoms with Crippen LogP contribution in [0.3, 0.4) is 0 Å². The standard InChI is InChI=1S/C36H47FN4O7S/c1-21(2)47-31-17-30(25-12-13-26(37)22(3)32(25)39-31)48-24-16-28-29(42)19-36(34(44)40-49(45,46)35(4)14-15-35)18-23(36)10-8-6-5-7-9-11-27(38)33(43)41(28)20-24/h8,10,12-13,17,21,23-24,27-28H,5-7,9,11,14-16,18-20,38H2,1-4H3,(H,40,44)/b10-8-/t23-,24+,27-,28-,36+/m0/s1. The number of amides is 2. The number of ketones is 1. The van der Waals surface area contributed by atoms with E-state index in [1.165, 1.54) is 11.0 Å². The summed E-state index contributed by atoms with van der Waals surface area (Å²) in [6, 6.07) is 2.81. The van der Waals surface area contributed by atoms with Gasteiger partial charge in [-0.05, 0) is 84.3 Å². The molecule has 2 aliphatic heterocycles. The van der Waals surface area contributed by atoms with Gasteiger partial charge in [0, 0.05) is 29.9 Å². The molecule has 0 unspecified atom stereocenters. The van der Waals surface area contributed by atoms with Gasteiger partial charge in [-0.15, -0.1) is 0 Å². The van der Waals surface area contributed by atoms with Crippen LogP contribution in [0.4, 0.5) is 4.39 Å². The monoisotopic (exact) mass is 698 g/mol. The number of fused-ring (bicyclic) bond motifs is 3. The number of carbonyl (C=O) groups is 3. The number of halogens is 1. The molecule has 4 aliphatic rings. The lowest BCUT2D eigenvalue weighted by atomic mass is 9.91. The van der Waals surface area contributed by atoms with E-state index in [4.69, 9.17) is 15.2 Å². The van der Waals surface area contributed by atoms with Crippen LogP contribution in [0.1, 0.15) is 90.5 Å². The third-order valence-electron chi connectivity index (χ3n) is 10.7. The van der Waals surface area contributed by atoms with E-state index in [-0.39, 0.29) is 49.0 Å². The minimum absolute atomic E-state index is 0.0720. The number of carbonyl (C=O) groups excluding carboxylic acids is 3. The summed E-state index contributed by atoms with van der Waals surface area (Å²) < 4.78 is 54.4. The maximum atomic E-state index is 14.6. The van der Waals surface area contributed by atoms with Crippen molar-refractivity contribution >= 4 is 38.5 Å². The predicted molar refractivity (Wildman–Crippen MR) is 182 cm³/mol. The molecule has 2 amide bonds. The Morgan fingerprint density at radius 1 is 1.18 bits per heavy atom. The Labute approximate surface area is 287 Å². The summed E-state index contributed by atoms with van der Waals surface area (Å²) in [5, 5.41) is 0.558. The van der Waals surface area contributed by atoms with E-state index in [2.05, 4.69) is 9.71 Å². The number of aryl methyl sites for hydroxylation is 1. The third kappa shape index (κ3) is 7.06. The molecule has 13 heteroatoms. The second-order valence-corrected chi connectivity index (χ2v) is 17.0. The molecule has 1 aromatic carbocycles. The average molecular weight is 699 g/mol. The largest absolute Gasteiger partial charge is 0.488 e. The smallest absolute Gasteiger partial charge is 0.240 e. The topological polar surface area (TPSA) is 158 Å². The van der Waals surface area contributed by atoms with Crippen molar-refractivity contribution in [1.82, 2.24) is 14.6 Å². The van der Waals surface area contributed by atoms with E-state index in [0.717, 1.165) is 25.7 Å². The van der Waals surface area contributed by atoms with Crippen LogP contribution in [-0.4, -0.2) is 71.5 Å². The molecule has 6 rings (SSSR count). The molecule has 2 aliphatic carbocycles. The zero-order valence-electron chi connectivity index (χ0n) is 28.7. The Bertz CT molecular complexity index is 1790. The van der Waals surface area contributed by atoms with Crippen molar-refractivity contribution in [2.24, 2.45) is 17.1 Å². The van der Waals surface area contributed by atoms with Gasteiger partial charge in [-0.1, -0.05) is 25.0 Å². The maximum absolute atomic E-state index is 14.6. The summed E-state index contributed by atoms with van der Waals surface area (Å²) in [6.07, 6.45) is 8.01. The third-order valence-corrected chi connectivity index (χ3v) is 12.8. The summed E-state index contributed by atoms with van der Waals surface area (Å²) in [4.78, 5) is 47.8. The highest BCUT2D eigenvalue weighted by atomic mass is 32.2. The van der Waals surface area contributed by atoms with Gasteiger partial charge in [-0.25, -0.2) is 17.8 Å². The lowest BCUT2D eigenvalue weighted by molar-refractivity contribution is -0.140. The zero-order valence-corrected chi connectivity index (χ0v) is 29.5. The first-order chi connectivity index (χ1) is 23.1. The van der Waals surface area contributed by atoms with E-state index in [0.29, 0.717) is 47.9 Å². The molecule has 11 nitrogen and oxygen atoms in total. The molecule has 1 saturated heterocycles. The van der Waals surface area contributed by atoms with Gasteiger partial charge in [0.2, 0.25) is 27.7 Å². The van der Waals surface area contributed by atoms with Crippen LogP contribution in [0.25, 0.3) is 10.9 Å². The van der Waals surface area contributed by atoms with Gasteiger partial charge in [0.15, 0.2) is 5.78 Å². The molecular formula is C36H47FN4O7S. The molecule has 266 valence electrons. The minimum atomic E-state index is -3.92. The van der Waals surface area contributed by atoms with E-state index >= 15 is 0 Å². The number of rotatable bonds is 7. The van der Waals surface area contributed by atoms with Crippen LogP contribution in [0.15, 0.2) is 30.4 Å². The number of Topliss-reactive ketones (excluding diaryl/α,β-unsaturated/α-hetero) is 1. The summed E-state index contributed by atoms with van der Waals surface area (Å²) in [5.41, 5.74) is 5.89. The molecule has 2 aromatic rings. The molecule has 0 spiro atoms. The van der Waals surface area contributed by atoms with Crippen LogP contribution < -0.4 is 19.9 Å². The van der Waals surface area contributed by atoms with Gasteiger partial charge >= 0.3 is 0 Å². The van der Waals surface area contributed by atoms with Crippen LogP contribution in [0, 0.1) is 24.1 Å². The summed E-state index contributed by atoms with van der Waals surface area (Å²) in [6.45, 7) is 7.01. The van der Waals surface area contributed by atoms with Crippen molar-refractivity contribution in [3.05, 3.63) is 41.7 Å². The van der Waals surface area contributed by atoms with Crippen LogP contribution >= 0.6 is 0 Å². The van der Waals surface area contributed by atoms with Gasteiger partial charge in [0.1, 0.15) is 17.7 Å². The molecular weight excluding hydrogens is 651 g/mol. The van der Waals surface area contributed by atoms with Gasteiger partial charge in [0.05, 0.1) is 40.4 Å². The van der Waals surface area contributed by atoms with Gasteiger partial charge in [-0.3, -0.25) is 19.1 Å². The molecule has 3 N–H and O–H groups in total. The maximum Gasteiger partial charge on any atom is 0.240 e. The fraction of sp³-hybridized carbons (Fsp3) is 0.611. The van der Waals surface area contributed by atoms with Crippen molar-refractivity contribution in [1.29, 1.82) is 0 Å². The van der Waals surface area contributed by atoms with Crippen molar-refractivity contribution in [2.75, 3.05) is 6.54 Å². The molecule has 0 radical (unpaired) electrons. The Kier molecular flexibility index (Phi) is 9.55. The van der Waals surface area contributed by atoms with E-state index in [1.807, 2.05) is 26.0 Å². The zero-order chi connectivity index (χ0) is 35.3. The molecule has 2 saturated carbocycles. The quantitative estimate of drug-likeness (QED) is 0.394. The average Bonchev–Trinajstić information content (AvgIpc) is 3.91. The number of benzene rings is 1. The number of aromatic nitrogens is 1. The lowest BCUT2D eigenvalue weighted by Gasteiger charge is -2.27. The SMILES string of the molecule is Cc1c(F)ccc2c(O[C@@H]3C[C@H]4C(=O)C[C@]5(C(=O)NS(=O)(=O)C6(C)CC6)C[C@@H]5/C=C\CCCCC[C@H](N)C(=O)N4C3)cc(OC(C)C)nc12. The first kappa shape index (κ1) is 35.3. The normalized spacial score (nSPS) is 29.4. The number of hydrogen-bond acceptors (Lipinski definition) is 9. The number of allylic oxidation sites excluding steroid dienone is 2. The molecule has 3 heterocycles. The van der Waals surface area contributed by atoms with Crippen molar-refractivity contribution in [2.45, 2.75) is 121 Å². The summed E-state index contributed by atoms with van der Waals surface area (Å²) >= 11 is 0. The number of ether oxygens (including phenoxy) is 2. The second-order valence-electron chi connectivity index (χ2n) is 14.8. The molecule has 49 heavy (non-hydrogen) atoms. The van der Waals surface area contributed by atoms with Crippen LogP contribution in [-0.2, 0) is 24.4 Å². The van der Waals surface area contributed by atoms with E-state index in [1.54, 1.807) is 26.0 Å². The van der Waals surface area contributed by atoms with Crippen molar-refractivity contribution in [3.8, 4) is 11.6 Å². The second kappa shape index (κ2) is 13.3. The Morgan fingerprint density at radius 2 is 1.94 bits per heavy atom. The van der Waals surface area contributed by atoms with Crippen molar-refractivity contribution in [3.63, 3.8) is 0 Å². The fourth-order valence-corrected chi connectivity index (χ4v) is 8.45. The highest BCUT2D eigenvalue weighted by Gasteiger charge is 2.62. The molecule has 1 aromatic heterocycles. The van der Waals surface area contributed by atoms with Crippen molar-refractivity contribution < 1.29 is 36.7 Å². The molecule has 5 atom stereocenters. The highest BCUT2D eigenvalue weighted by molar-refractivity contribution is 7.91. The van der Waals surface area contributed by atoms with Gasteiger partial charge < -0.3 is 20.1 Å². The summed E-state index contributed by atoms with van der Waals surface area (Å²) in [5.74, 6) is -1.47. The fourth-order valence-electron chi connectivity index (χ4n) is 7.11. The number of pyridine rings is 1. The Balaban J connectivity index is 1.31. The first-order valence-corrected chi connectivity index (χ1v) is 18.9. The Morgan fingerprint density at radius 3 is 2.65 bits per heavy atom. The highest BCUT2D eigenvalue weighted by Crippen LogP contribution is 2.57. The van der Waals surface area contributed by atoms with Gasteiger partial charge in [-0.2, -0.15) is 0 Å². The lowest BCUT2D eigenvalue weighted by Crippen LogP contribution is -2.50. The van der Waals surface area contributed by atoms with E-state index in [9.17, 15) is 27.2 Å². The van der Waals surface area contributed by atoms with Crippen LogP contribution in [0.2, 0.25) is 0 Å². The number of nitrogens with one attached hydrogen (secondary N) is 1. The predicted octanol–water partition coefficient (Wildman–Crippen LogP) is 4.63. The van der Waals surface area contributed by atoms with Crippen LogP contribution in [0.5, 0.6) is 11.6 Å². The number of nitrogens with two attached hydrogens (primary N) is 1. The molecule has 3 fully saturated rings. The minimum Gasteiger partial charge on any atom is -0.488 e. The number of sulfonamides is 1.